The van der Waals surface area contributed by atoms with Crippen LogP contribution in [-0.2, 0) is 14.4 Å². The second kappa shape index (κ2) is 4.15. The molecule has 0 aromatic carbocycles. The summed E-state index contributed by atoms with van der Waals surface area (Å²) in [6, 6.07) is -1.01. The lowest BCUT2D eigenvalue weighted by atomic mass is 10.4. The maximum Gasteiger partial charge on any atom is 0.328 e. The van der Waals surface area contributed by atoms with Crippen molar-refractivity contribution < 1.29 is 19.2 Å². The summed E-state index contributed by atoms with van der Waals surface area (Å²) in [5, 5.41) is 3.24. The van der Waals surface area contributed by atoms with Crippen molar-refractivity contribution in [3.8, 4) is 0 Å². The van der Waals surface area contributed by atoms with Gasteiger partial charge in [-0.05, 0) is 0 Å². The molecule has 4 amide bonds. The molecule has 0 radical (unpaired) electrons. The first kappa shape index (κ1) is 9.28. The number of hydrogen-bond donors (Lipinski definition) is 2. The predicted octanol–water partition coefficient (Wildman–Crippen LogP) is -1.44. The van der Waals surface area contributed by atoms with Crippen LogP contribution in [0.3, 0.4) is 0 Å². The van der Waals surface area contributed by atoms with Crippen LogP contribution >= 0.6 is 0 Å². The van der Waals surface area contributed by atoms with Crippen LogP contribution in [-0.4, -0.2) is 24.1 Å². The molecule has 0 aliphatic heterocycles. The number of hydrogen-bond acceptors (Lipinski definition) is 4. The molecule has 0 heterocycles. The van der Waals surface area contributed by atoms with E-state index < -0.39 is 17.7 Å². The van der Waals surface area contributed by atoms with E-state index in [1.165, 1.54) is 0 Å². The fraction of sp³-hybridized carbons (Fsp3) is 0.200. The summed E-state index contributed by atoms with van der Waals surface area (Å²) in [5.74, 6) is -1.85. The Morgan fingerprint density at radius 1 is 1.27 bits per heavy atom. The normalized spacial score (nSPS) is 8.09. The van der Waals surface area contributed by atoms with E-state index in [1.807, 2.05) is 0 Å². The van der Waals surface area contributed by atoms with Gasteiger partial charge in [-0.2, -0.15) is 0 Å². The molecule has 0 atom stereocenters. The van der Waals surface area contributed by atoms with Crippen molar-refractivity contribution in [2.45, 2.75) is 6.92 Å². The van der Waals surface area contributed by atoms with Gasteiger partial charge in [0.1, 0.15) is 0 Å². The van der Waals surface area contributed by atoms with Crippen molar-refractivity contribution in [1.82, 2.24) is 10.6 Å². The van der Waals surface area contributed by atoms with E-state index in [2.05, 4.69) is 0 Å². The van der Waals surface area contributed by atoms with Crippen LogP contribution in [0.4, 0.5) is 4.79 Å². The molecule has 60 valence electrons. The number of ketones is 1. The largest absolute Gasteiger partial charge is 0.328 e. The lowest BCUT2D eigenvalue weighted by Gasteiger charge is -1.96. The van der Waals surface area contributed by atoms with Crippen molar-refractivity contribution >= 4 is 24.1 Å². The molecule has 0 aromatic heterocycles. The second-order valence-electron chi connectivity index (χ2n) is 1.60. The summed E-state index contributed by atoms with van der Waals surface area (Å²) in [7, 11) is 0. The maximum atomic E-state index is 10.4. The molecule has 0 aliphatic rings. The molecule has 0 bridgehead atoms. The lowest BCUT2D eigenvalue weighted by Crippen LogP contribution is -2.41. The molecule has 0 spiro atoms. The molecule has 0 saturated carbocycles. The first-order valence-corrected chi connectivity index (χ1v) is 2.64. The minimum absolute atomic E-state index is 0.0999. The second-order valence-corrected chi connectivity index (χ2v) is 1.60. The Bertz CT molecular complexity index is 211. The Morgan fingerprint density at radius 2 is 1.82 bits per heavy atom. The average Bonchev–Trinajstić information content (AvgIpc) is 1.87. The van der Waals surface area contributed by atoms with Gasteiger partial charge >= 0.3 is 6.03 Å². The van der Waals surface area contributed by atoms with Crippen LogP contribution in [0, 0.1) is 0 Å². The van der Waals surface area contributed by atoms with Crippen LogP contribution in [0.5, 0.6) is 0 Å². The maximum absolute atomic E-state index is 10.4. The average molecular weight is 158 g/mol. The van der Waals surface area contributed by atoms with Gasteiger partial charge in [0, 0.05) is 6.92 Å². The summed E-state index contributed by atoms with van der Waals surface area (Å²) in [5.41, 5.74) is 0. The summed E-state index contributed by atoms with van der Waals surface area (Å²) >= 11 is 0. The summed E-state index contributed by atoms with van der Waals surface area (Å²) in [6.45, 7) is 1.00. The number of imide groups is 2. The molecule has 2 N–H and O–H groups in total. The molecular weight excluding hydrogens is 152 g/mol. The number of carbonyl (C=O) groups excluding carboxylic acids is 4. The SMILES string of the molecule is CC(=O)C(=O)NC(=O)NC=O. The van der Waals surface area contributed by atoms with Crippen LogP contribution in [0.2, 0.25) is 0 Å². The Morgan fingerprint density at radius 3 is 2.18 bits per heavy atom. The zero-order valence-electron chi connectivity index (χ0n) is 5.71. The van der Waals surface area contributed by atoms with E-state index in [9.17, 15) is 19.2 Å². The van der Waals surface area contributed by atoms with Crippen molar-refractivity contribution in [1.29, 1.82) is 0 Å². The van der Waals surface area contributed by atoms with Crippen LogP contribution in [0.1, 0.15) is 6.92 Å². The quantitative estimate of drug-likeness (QED) is 0.380. The number of Topliss-reactive ketones (excluding diaryl/α,β-unsaturated/α-hetero) is 1. The standard InChI is InChI=1S/C5H6N2O4/c1-3(9)4(10)7-5(11)6-2-8/h2H,1H3,(H2,6,7,8,10,11). The van der Waals surface area contributed by atoms with Gasteiger partial charge in [-0.25, -0.2) is 4.79 Å². The highest BCUT2D eigenvalue weighted by Crippen LogP contribution is 1.69. The molecular formula is C5H6N2O4. The van der Waals surface area contributed by atoms with E-state index in [0.717, 1.165) is 6.92 Å². The van der Waals surface area contributed by atoms with Crippen molar-refractivity contribution in [3.63, 3.8) is 0 Å². The minimum Gasteiger partial charge on any atom is -0.289 e. The Labute approximate surface area is 61.9 Å². The van der Waals surface area contributed by atoms with Crippen molar-refractivity contribution in [3.05, 3.63) is 0 Å². The zero-order valence-corrected chi connectivity index (χ0v) is 5.71. The van der Waals surface area contributed by atoms with Gasteiger partial charge < -0.3 is 0 Å². The van der Waals surface area contributed by atoms with Crippen molar-refractivity contribution in [2.24, 2.45) is 0 Å². The van der Waals surface area contributed by atoms with Gasteiger partial charge in [0.15, 0.2) is 0 Å². The summed E-state index contributed by atoms with van der Waals surface area (Å²) in [4.78, 5) is 40.5. The lowest BCUT2D eigenvalue weighted by molar-refractivity contribution is -0.136. The van der Waals surface area contributed by atoms with E-state index >= 15 is 0 Å². The summed E-state index contributed by atoms with van der Waals surface area (Å²) in [6.07, 6.45) is 0.0999. The molecule has 6 nitrogen and oxygen atoms in total. The predicted molar refractivity (Wildman–Crippen MR) is 33.4 cm³/mol. The number of amides is 4. The van der Waals surface area contributed by atoms with Crippen LogP contribution in [0.15, 0.2) is 0 Å². The van der Waals surface area contributed by atoms with Crippen LogP contribution in [0.25, 0.3) is 0 Å². The topological polar surface area (TPSA) is 92.3 Å². The first-order valence-electron chi connectivity index (χ1n) is 2.64. The highest BCUT2D eigenvalue weighted by Gasteiger charge is 2.10. The monoisotopic (exact) mass is 158 g/mol. The third kappa shape index (κ3) is 3.79. The molecule has 0 fully saturated rings. The molecule has 0 aliphatic carbocycles. The highest BCUT2D eigenvalue weighted by atomic mass is 16.2. The zero-order chi connectivity index (χ0) is 8.85. The molecule has 0 unspecified atom stereocenters. The van der Waals surface area contributed by atoms with Crippen molar-refractivity contribution in [2.75, 3.05) is 0 Å². The fourth-order valence-electron chi connectivity index (χ4n) is 0.281. The van der Waals surface area contributed by atoms with Gasteiger partial charge in [0.25, 0.3) is 5.91 Å². The number of rotatable bonds is 2. The van der Waals surface area contributed by atoms with Gasteiger partial charge in [0.05, 0.1) is 0 Å². The van der Waals surface area contributed by atoms with Gasteiger partial charge in [-0.3, -0.25) is 25.0 Å². The molecule has 11 heavy (non-hydrogen) atoms. The fourth-order valence-corrected chi connectivity index (χ4v) is 0.281. The van der Waals surface area contributed by atoms with Gasteiger partial charge in [-0.1, -0.05) is 0 Å². The highest BCUT2D eigenvalue weighted by molar-refractivity contribution is 6.37. The smallest absolute Gasteiger partial charge is 0.289 e. The molecule has 0 rings (SSSR count). The van der Waals surface area contributed by atoms with E-state index in [1.54, 1.807) is 10.6 Å². The van der Waals surface area contributed by atoms with E-state index in [0.29, 0.717) is 0 Å². The minimum atomic E-state index is -1.05. The molecule has 6 heteroatoms. The molecule has 0 saturated heterocycles. The Balaban J connectivity index is 3.85. The Kier molecular flexibility index (Phi) is 3.50. The Hall–Kier alpha value is -1.72. The van der Waals surface area contributed by atoms with Gasteiger partial charge in [0.2, 0.25) is 12.2 Å². The third-order valence-electron chi connectivity index (χ3n) is 0.737. The van der Waals surface area contributed by atoms with Gasteiger partial charge in [-0.15, -0.1) is 0 Å². The van der Waals surface area contributed by atoms with E-state index in [4.69, 9.17) is 0 Å². The molecule has 0 aromatic rings. The number of urea groups is 1. The number of carbonyl (C=O) groups is 4. The third-order valence-corrected chi connectivity index (χ3v) is 0.737. The van der Waals surface area contributed by atoms with Crippen LogP contribution < -0.4 is 10.6 Å². The van der Waals surface area contributed by atoms with E-state index in [-0.39, 0.29) is 6.41 Å². The first-order chi connectivity index (χ1) is 5.07. The number of nitrogens with one attached hydrogen (secondary N) is 2. The summed E-state index contributed by atoms with van der Waals surface area (Å²) < 4.78 is 0.